The highest BCUT2D eigenvalue weighted by Crippen LogP contribution is 2.22. The molecular weight excluding hydrogens is 234 g/mol. The van der Waals surface area contributed by atoms with E-state index in [-0.39, 0.29) is 0 Å². The van der Waals surface area contributed by atoms with Crippen molar-refractivity contribution in [3.05, 3.63) is 61.2 Å². The Morgan fingerprint density at radius 2 is 1.89 bits per heavy atom. The van der Waals surface area contributed by atoms with Gasteiger partial charge in [0.25, 0.3) is 0 Å². The van der Waals surface area contributed by atoms with Crippen LogP contribution in [-0.2, 0) is 0 Å². The van der Waals surface area contributed by atoms with E-state index in [4.69, 9.17) is 0 Å². The molecule has 0 unspecified atom stereocenters. The van der Waals surface area contributed by atoms with Crippen molar-refractivity contribution in [3.8, 4) is 6.07 Å². The van der Waals surface area contributed by atoms with E-state index in [1.165, 1.54) is 0 Å². The van der Waals surface area contributed by atoms with Gasteiger partial charge in [0.05, 0.1) is 17.1 Å². The Balaban J connectivity index is 2.57. The quantitative estimate of drug-likeness (QED) is 0.763. The molecule has 0 bridgehead atoms. The summed E-state index contributed by atoms with van der Waals surface area (Å²) in [6.45, 7) is 8.83. The molecule has 2 aromatic rings. The number of para-hydroxylation sites is 1. The van der Waals surface area contributed by atoms with Crippen LogP contribution in [0.25, 0.3) is 10.9 Å². The molecule has 0 radical (unpaired) electrons. The second-order valence-electron chi connectivity index (χ2n) is 4.14. The standard InChI is InChI=1S/C16H15N3/c1-3-9-19(10-4-2)16-11-13(12-17)14-7-5-6-8-15(14)18-16/h3-8,11H,1-2,9-10H2. The first kappa shape index (κ1) is 12.8. The average molecular weight is 249 g/mol. The highest BCUT2D eigenvalue weighted by molar-refractivity contribution is 5.86. The second kappa shape index (κ2) is 5.83. The summed E-state index contributed by atoms with van der Waals surface area (Å²) in [5.74, 6) is 0.773. The molecule has 3 nitrogen and oxygen atoms in total. The van der Waals surface area contributed by atoms with Crippen molar-refractivity contribution in [2.45, 2.75) is 0 Å². The van der Waals surface area contributed by atoms with E-state index in [0.29, 0.717) is 18.7 Å². The summed E-state index contributed by atoms with van der Waals surface area (Å²) in [4.78, 5) is 6.62. The molecule has 0 aliphatic heterocycles. The summed E-state index contributed by atoms with van der Waals surface area (Å²) < 4.78 is 0. The SMILES string of the molecule is C=CCN(CC=C)c1cc(C#N)c2ccccc2n1. The molecule has 0 saturated carbocycles. The highest BCUT2D eigenvalue weighted by Gasteiger charge is 2.09. The predicted octanol–water partition coefficient (Wildman–Crippen LogP) is 3.28. The Morgan fingerprint density at radius 3 is 2.53 bits per heavy atom. The van der Waals surface area contributed by atoms with Crippen LogP contribution in [0.4, 0.5) is 5.82 Å². The average Bonchev–Trinajstić information content (AvgIpc) is 2.46. The lowest BCUT2D eigenvalue weighted by Crippen LogP contribution is -2.24. The van der Waals surface area contributed by atoms with E-state index < -0.39 is 0 Å². The third-order valence-corrected chi connectivity index (χ3v) is 2.85. The van der Waals surface area contributed by atoms with E-state index in [1.54, 1.807) is 0 Å². The van der Waals surface area contributed by atoms with Gasteiger partial charge >= 0.3 is 0 Å². The Hall–Kier alpha value is -2.60. The minimum absolute atomic E-state index is 0.638. The van der Waals surface area contributed by atoms with Gasteiger partial charge in [-0.1, -0.05) is 30.4 Å². The maximum Gasteiger partial charge on any atom is 0.131 e. The van der Waals surface area contributed by atoms with E-state index in [9.17, 15) is 5.26 Å². The molecule has 0 aliphatic carbocycles. The van der Waals surface area contributed by atoms with Crippen LogP contribution in [-0.4, -0.2) is 18.1 Å². The summed E-state index contributed by atoms with van der Waals surface area (Å²) in [5.41, 5.74) is 1.47. The first-order chi connectivity index (χ1) is 9.30. The fourth-order valence-electron chi connectivity index (χ4n) is 1.99. The summed E-state index contributed by atoms with van der Waals surface area (Å²) in [7, 11) is 0. The van der Waals surface area contributed by atoms with Crippen LogP contribution < -0.4 is 4.90 Å². The van der Waals surface area contributed by atoms with Gasteiger partial charge in [-0.25, -0.2) is 4.98 Å². The van der Waals surface area contributed by atoms with Gasteiger partial charge in [0.15, 0.2) is 0 Å². The number of nitrogens with zero attached hydrogens (tertiary/aromatic N) is 3. The minimum Gasteiger partial charge on any atom is -0.349 e. The number of rotatable bonds is 5. The molecule has 0 aliphatic rings. The van der Waals surface area contributed by atoms with Gasteiger partial charge in [-0.15, -0.1) is 13.2 Å². The minimum atomic E-state index is 0.638. The van der Waals surface area contributed by atoms with Crippen molar-refractivity contribution in [2.24, 2.45) is 0 Å². The normalized spacial score (nSPS) is 9.84. The smallest absolute Gasteiger partial charge is 0.131 e. The van der Waals surface area contributed by atoms with Crippen molar-refractivity contribution in [1.29, 1.82) is 5.26 Å². The maximum atomic E-state index is 9.27. The van der Waals surface area contributed by atoms with Crippen molar-refractivity contribution in [1.82, 2.24) is 4.98 Å². The van der Waals surface area contributed by atoms with Gasteiger partial charge in [-0.05, 0) is 12.1 Å². The number of hydrogen-bond donors (Lipinski definition) is 0. The van der Waals surface area contributed by atoms with Crippen LogP contribution in [0.2, 0.25) is 0 Å². The van der Waals surface area contributed by atoms with E-state index in [2.05, 4.69) is 24.2 Å². The maximum absolute atomic E-state index is 9.27. The molecule has 0 atom stereocenters. The number of aromatic nitrogens is 1. The van der Waals surface area contributed by atoms with Gasteiger partial charge in [0.2, 0.25) is 0 Å². The predicted molar refractivity (Wildman–Crippen MR) is 79.1 cm³/mol. The van der Waals surface area contributed by atoms with Gasteiger partial charge in [-0.3, -0.25) is 0 Å². The van der Waals surface area contributed by atoms with Crippen LogP contribution >= 0.6 is 0 Å². The highest BCUT2D eigenvalue weighted by atomic mass is 15.2. The molecule has 0 N–H and O–H groups in total. The summed E-state index contributed by atoms with van der Waals surface area (Å²) in [6, 6.07) is 11.7. The number of nitriles is 1. The number of benzene rings is 1. The summed E-state index contributed by atoms with van der Waals surface area (Å²) >= 11 is 0. The zero-order chi connectivity index (χ0) is 13.7. The van der Waals surface area contributed by atoms with Gasteiger partial charge in [0.1, 0.15) is 5.82 Å². The third kappa shape index (κ3) is 2.63. The molecule has 3 heteroatoms. The third-order valence-electron chi connectivity index (χ3n) is 2.85. The molecule has 19 heavy (non-hydrogen) atoms. The van der Waals surface area contributed by atoms with Crippen LogP contribution in [0.1, 0.15) is 5.56 Å². The lowest BCUT2D eigenvalue weighted by molar-refractivity contribution is 0.932. The van der Waals surface area contributed by atoms with Crippen molar-refractivity contribution >= 4 is 16.7 Å². The number of pyridine rings is 1. The molecule has 0 spiro atoms. The largest absolute Gasteiger partial charge is 0.349 e. The lowest BCUT2D eigenvalue weighted by Gasteiger charge is -2.21. The second-order valence-corrected chi connectivity index (χ2v) is 4.14. The Kier molecular flexibility index (Phi) is 3.94. The van der Waals surface area contributed by atoms with Gasteiger partial charge in [0, 0.05) is 18.5 Å². The molecule has 0 amide bonds. The van der Waals surface area contributed by atoms with Gasteiger partial charge < -0.3 is 4.90 Å². The van der Waals surface area contributed by atoms with E-state index >= 15 is 0 Å². The molecule has 94 valence electrons. The summed E-state index contributed by atoms with van der Waals surface area (Å²) in [6.07, 6.45) is 3.62. The van der Waals surface area contributed by atoms with Gasteiger partial charge in [-0.2, -0.15) is 5.26 Å². The Morgan fingerprint density at radius 1 is 1.21 bits per heavy atom. The Bertz CT molecular complexity index is 643. The zero-order valence-corrected chi connectivity index (χ0v) is 10.7. The monoisotopic (exact) mass is 249 g/mol. The molecule has 2 rings (SSSR count). The van der Waals surface area contributed by atoms with E-state index in [0.717, 1.165) is 16.7 Å². The lowest BCUT2D eigenvalue weighted by atomic mass is 10.1. The molecule has 0 saturated heterocycles. The molecule has 1 heterocycles. The van der Waals surface area contributed by atoms with Crippen LogP contribution in [0, 0.1) is 11.3 Å². The van der Waals surface area contributed by atoms with Crippen molar-refractivity contribution < 1.29 is 0 Å². The van der Waals surface area contributed by atoms with Crippen molar-refractivity contribution in [2.75, 3.05) is 18.0 Å². The van der Waals surface area contributed by atoms with Crippen molar-refractivity contribution in [3.63, 3.8) is 0 Å². The molecule has 1 aromatic carbocycles. The van der Waals surface area contributed by atoms with Crippen LogP contribution in [0.15, 0.2) is 55.6 Å². The fraction of sp³-hybridized carbons (Fsp3) is 0.125. The van der Waals surface area contributed by atoms with Crippen LogP contribution in [0.5, 0.6) is 0 Å². The number of fused-ring (bicyclic) bond motifs is 1. The molecule has 0 fully saturated rings. The number of hydrogen-bond acceptors (Lipinski definition) is 3. The van der Waals surface area contributed by atoms with Crippen LogP contribution in [0.3, 0.4) is 0 Å². The molecule has 1 aromatic heterocycles. The number of anilines is 1. The topological polar surface area (TPSA) is 39.9 Å². The first-order valence-corrected chi connectivity index (χ1v) is 6.06. The first-order valence-electron chi connectivity index (χ1n) is 6.06. The molecular formula is C16H15N3. The summed E-state index contributed by atoms with van der Waals surface area (Å²) in [5, 5.41) is 10.1. The fourth-order valence-corrected chi connectivity index (χ4v) is 1.99. The Labute approximate surface area is 113 Å². The van der Waals surface area contributed by atoms with E-state index in [1.807, 2.05) is 47.4 Å². The zero-order valence-electron chi connectivity index (χ0n) is 10.7.